The molecule has 7 heteroatoms. The van der Waals surface area contributed by atoms with E-state index in [1.807, 2.05) is 30.3 Å². The van der Waals surface area contributed by atoms with Crippen LogP contribution in [-0.4, -0.2) is 35.4 Å². The molecule has 0 radical (unpaired) electrons. The third kappa shape index (κ3) is 3.99. The Morgan fingerprint density at radius 3 is 2.43 bits per heavy atom. The summed E-state index contributed by atoms with van der Waals surface area (Å²) in [5, 5.41) is 8.04. The standard InChI is InChI=1S/C21H21N3O4/c25-20(15-6-8-16(9-7-15)28-17-10-12-27-13-11-17)22-19-18(23-24-21(19)26)14-4-2-1-3-5-14/h1-9,17H,10-13H2,(H,22,25)(H2,23,24,26). The van der Waals surface area contributed by atoms with Crippen molar-refractivity contribution < 1.29 is 14.3 Å². The van der Waals surface area contributed by atoms with E-state index < -0.39 is 0 Å². The maximum Gasteiger partial charge on any atom is 0.288 e. The highest BCUT2D eigenvalue weighted by atomic mass is 16.5. The van der Waals surface area contributed by atoms with Gasteiger partial charge in [0.1, 0.15) is 17.5 Å². The monoisotopic (exact) mass is 379 g/mol. The Hall–Kier alpha value is -3.32. The number of hydrogen-bond donors (Lipinski definition) is 3. The van der Waals surface area contributed by atoms with Gasteiger partial charge in [0.15, 0.2) is 0 Å². The average Bonchev–Trinajstić information content (AvgIpc) is 3.10. The Labute approximate surface area is 161 Å². The summed E-state index contributed by atoms with van der Waals surface area (Å²) in [4.78, 5) is 24.7. The Morgan fingerprint density at radius 1 is 1.00 bits per heavy atom. The van der Waals surface area contributed by atoms with Crippen LogP contribution in [0.15, 0.2) is 59.4 Å². The van der Waals surface area contributed by atoms with Crippen molar-refractivity contribution in [3.8, 4) is 17.0 Å². The fraction of sp³-hybridized carbons (Fsp3) is 0.238. The quantitative estimate of drug-likeness (QED) is 0.634. The highest BCUT2D eigenvalue weighted by molar-refractivity contribution is 6.05. The predicted molar refractivity (Wildman–Crippen MR) is 106 cm³/mol. The summed E-state index contributed by atoms with van der Waals surface area (Å²) in [6, 6.07) is 16.2. The lowest BCUT2D eigenvalue weighted by atomic mass is 10.1. The highest BCUT2D eigenvalue weighted by Crippen LogP contribution is 2.23. The Balaban J connectivity index is 1.47. The zero-order valence-corrected chi connectivity index (χ0v) is 15.2. The number of nitrogens with one attached hydrogen (secondary N) is 3. The molecule has 1 saturated heterocycles. The maximum atomic E-state index is 12.6. The molecule has 0 atom stereocenters. The second-order valence-corrected chi connectivity index (χ2v) is 6.60. The van der Waals surface area contributed by atoms with E-state index >= 15 is 0 Å². The van der Waals surface area contributed by atoms with E-state index in [4.69, 9.17) is 9.47 Å². The molecular weight excluding hydrogens is 358 g/mol. The van der Waals surface area contributed by atoms with Gasteiger partial charge in [-0.2, -0.15) is 0 Å². The van der Waals surface area contributed by atoms with Crippen LogP contribution < -0.4 is 15.6 Å². The number of anilines is 1. The summed E-state index contributed by atoms with van der Waals surface area (Å²) in [6.07, 6.45) is 1.86. The van der Waals surface area contributed by atoms with Gasteiger partial charge < -0.3 is 14.8 Å². The Bertz CT molecular complexity index is 986. The third-order valence-electron chi connectivity index (χ3n) is 4.67. The second kappa shape index (κ2) is 8.14. The van der Waals surface area contributed by atoms with Gasteiger partial charge in [0, 0.05) is 24.0 Å². The summed E-state index contributed by atoms with van der Waals surface area (Å²) in [5.74, 6) is 0.354. The summed E-state index contributed by atoms with van der Waals surface area (Å²) in [5.41, 5.74) is 1.60. The van der Waals surface area contributed by atoms with Crippen molar-refractivity contribution >= 4 is 11.6 Å². The van der Waals surface area contributed by atoms with Gasteiger partial charge in [0.25, 0.3) is 11.5 Å². The van der Waals surface area contributed by atoms with Crippen LogP contribution in [0.3, 0.4) is 0 Å². The normalized spacial score (nSPS) is 14.6. The van der Waals surface area contributed by atoms with Crippen molar-refractivity contribution in [1.29, 1.82) is 0 Å². The number of aromatic nitrogens is 2. The van der Waals surface area contributed by atoms with Crippen molar-refractivity contribution in [2.45, 2.75) is 18.9 Å². The van der Waals surface area contributed by atoms with Crippen molar-refractivity contribution in [3.63, 3.8) is 0 Å². The molecule has 0 bridgehead atoms. The molecule has 1 aliphatic heterocycles. The highest BCUT2D eigenvalue weighted by Gasteiger charge is 2.17. The van der Waals surface area contributed by atoms with Crippen LogP contribution in [0.1, 0.15) is 23.2 Å². The van der Waals surface area contributed by atoms with Gasteiger partial charge in [0.05, 0.1) is 18.9 Å². The average molecular weight is 379 g/mol. The number of H-pyrrole nitrogens is 2. The molecule has 0 spiro atoms. The van der Waals surface area contributed by atoms with Gasteiger partial charge in [-0.15, -0.1) is 0 Å². The predicted octanol–water partition coefficient (Wildman–Crippen LogP) is 3.18. The molecule has 2 heterocycles. The minimum Gasteiger partial charge on any atom is -0.490 e. The van der Waals surface area contributed by atoms with Gasteiger partial charge in [0.2, 0.25) is 0 Å². The molecule has 144 valence electrons. The fourth-order valence-electron chi connectivity index (χ4n) is 3.16. The molecule has 3 N–H and O–H groups in total. The van der Waals surface area contributed by atoms with Crippen LogP contribution >= 0.6 is 0 Å². The van der Waals surface area contributed by atoms with E-state index in [0.29, 0.717) is 30.2 Å². The van der Waals surface area contributed by atoms with Gasteiger partial charge >= 0.3 is 0 Å². The smallest absolute Gasteiger partial charge is 0.288 e. The molecule has 1 amide bonds. The molecule has 0 unspecified atom stereocenters. The van der Waals surface area contributed by atoms with E-state index in [1.54, 1.807) is 24.3 Å². The number of ether oxygens (including phenoxy) is 2. The number of rotatable bonds is 5. The topological polar surface area (TPSA) is 96.2 Å². The molecule has 4 rings (SSSR count). The lowest BCUT2D eigenvalue weighted by Gasteiger charge is -2.23. The first-order valence-corrected chi connectivity index (χ1v) is 9.22. The maximum absolute atomic E-state index is 12.6. The van der Waals surface area contributed by atoms with Crippen molar-refractivity contribution in [3.05, 3.63) is 70.5 Å². The lowest BCUT2D eigenvalue weighted by molar-refractivity contribution is 0.0256. The first-order chi connectivity index (χ1) is 13.7. The van der Waals surface area contributed by atoms with Crippen LogP contribution in [0.25, 0.3) is 11.3 Å². The first kappa shape index (κ1) is 18.1. The van der Waals surface area contributed by atoms with Crippen LogP contribution in [-0.2, 0) is 4.74 Å². The molecule has 28 heavy (non-hydrogen) atoms. The van der Waals surface area contributed by atoms with Gasteiger partial charge in [-0.1, -0.05) is 30.3 Å². The lowest BCUT2D eigenvalue weighted by Crippen LogP contribution is -2.25. The molecule has 1 aromatic heterocycles. The third-order valence-corrected chi connectivity index (χ3v) is 4.67. The minimum absolute atomic E-state index is 0.139. The SMILES string of the molecule is O=C(Nc1c(-c2ccccc2)[nH][nH]c1=O)c1ccc(OC2CCOCC2)cc1. The van der Waals surface area contributed by atoms with Gasteiger partial charge in [-0.3, -0.25) is 19.8 Å². The molecular formula is C21H21N3O4. The van der Waals surface area contributed by atoms with Crippen molar-refractivity contribution in [2.75, 3.05) is 18.5 Å². The van der Waals surface area contributed by atoms with Gasteiger partial charge in [-0.05, 0) is 24.3 Å². The number of hydrogen-bond acceptors (Lipinski definition) is 4. The molecule has 0 saturated carbocycles. The Morgan fingerprint density at radius 2 is 1.71 bits per heavy atom. The fourth-order valence-corrected chi connectivity index (χ4v) is 3.16. The molecule has 2 aromatic carbocycles. The number of benzene rings is 2. The number of carbonyl (C=O) groups is 1. The van der Waals surface area contributed by atoms with E-state index in [9.17, 15) is 9.59 Å². The zero-order valence-electron chi connectivity index (χ0n) is 15.2. The number of aromatic amines is 2. The van der Waals surface area contributed by atoms with Crippen LogP contribution in [0.5, 0.6) is 5.75 Å². The van der Waals surface area contributed by atoms with E-state index in [0.717, 1.165) is 18.4 Å². The largest absolute Gasteiger partial charge is 0.490 e. The van der Waals surface area contributed by atoms with E-state index in [1.165, 1.54) is 0 Å². The van der Waals surface area contributed by atoms with E-state index in [-0.39, 0.29) is 23.3 Å². The number of amides is 1. The van der Waals surface area contributed by atoms with Crippen molar-refractivity contribution in [2.24, 2.45) is 0 Å². The summed E-state index contributed by atoms with van der Waals surface area (Å²) >= 11 is 0. The summed E-state index contributed by atoms with van der Waals surface area (Å²) in [7, 11) is 0. The minimum atomic E-state index is -0.383. The summed E-state index contributed by atoms with van der Waals surface area (Å²) in [6.45, 7) is 1.42. The molecule has 1 fully saturated rings. The Kier molecular flexibility index (Phi) is 5.25. The van der Waals surface area contributed by atoms with E-state index in [2.05, 4.69) is 15.5 Å². The summed E-state index contributed by atoms with van der Waals surface area (Å²) < 4.78 is 11.2. The zero-order chi connectivity index (χ0) is 19.3. The van der Waals surface area contributed by atoms with Crippen LogP contribution in [0.4, 0.5) is 5.69 Å². The molecule has 7 nitrogen and oxygen atoms in total. The molecule has 0 aliphatic carbocycles. The molecule has 3 aromatic rings. The number of carbonyl (C=O) groups excluding carboxylic acids is 1. The second-order valence-electron chi connectivity index (χ2n) is 6.60. The van der Waals surface area contributed by atoms with Gasteiger partial charge in [-0.25, -0.2) is 0 Å². The van der Waals surface area contributed by atoms with Crippen molar-refractivity contribution in [1.82, 2.24) is 10.2 Å². The van der Waals surface area contributed by atoms with Crippen LogP contribution in [0.2, 0.25) is 0 Å². The molecule has 1 aliphatic rings. The first-order valence-electron chi connectivity index (χ1n) is 9.22. The van der Waals surface area contributed by atoms with Crippen LogP contribution in [0, 0.1) is 0 Å².